The lowest BCUT2D eigenvalue weighted by Gasteiger charge is -2.17. The molecule has 0 spiro atoms. The predicted molar refractivity (Wildman–Crippen MR) is 82.7 cm³/mol. The molecule has 1 amide bonds. The van der Waals surface area contributed by atoms with Crippen molar-refractivity contribution in [1.29, 1.82) is 5.26 Å². The Bertz CT molecular complexity index is 699. The van der Waals surface area contributed by atoms with E-state index >= 15 is 0 Å². The van der Waals surface area contributed by atoms with Crippen LogP contribution in [0.3, 0.4) is 0 Å². The highest BCUT2D eigenvalue weighted by molar-refractivity contribution is 7.21. The molecule has 2 aromatic rings. The standard InChI is InChI=1S/C15H17N3OS/c1-9-4-5-11-12(6-9)20-14(13(11)17)15(19)18(3)8-10(2)7-16/h4-6,10H,8,17H2,1-3H3. The van der Waals surface area contributed by atoms with Gasteiger partial charge in [0.15, 0.2) is 0 Å². The Labute approximate surface area is 122 Å². The number of anilines is 1. The minimum Gasteiger partial charge on any atom is -0.397 e. The summed E-state index contributed by atoms with van der Waals surface area (Å²) >= 11 is 1.41. The number of aryl methyl sites for hydroxylation is 1. The molecule has 20 heavy (non-hydrogen) atoms. The van der Waals surface area contributed by atoms with Gasteiger partial charge in [-0.1, -0.05) is 12.1 Å². The molecule has 5 heteroatoms. The fourth-order valence-electron chi connectivity index (χ4n) is 2.09. The Morgan fingerprint density at radius 3 is 2.90 bits per heavy atom. The van der Waals surface area contributed by atoms with Crippen molar-refractivity contribution in [3.63, 3.8) is 0 Å². The van der Waals surface area contributed by atoms with E-state index in [4.69, 9.17) is 11.0 Å². The van der Waals surface area contributed by atoms with E-state index in [2.05, 4.69) is 6.07 Å². The number of hydrogen-bond donors (Lipinski definition) is 1. The van der Waals surface area contributed by atoms with Gasteiger partial charge in [-0.05, 0) is 25.5 Å². The van der Waals surface area contributed by atoms with Crippen molar-refractivity contribution < 1.29 is 4.79 Å². The van der Waals surface area contributed by atoms with Crippen LogP contribution in [0.5, 0.6) is 0 Å². The number of nitrogens with two attached hydrogens (primary N) is 1. The Balaban J connectivity index is 2.35. The second-order valence-electron chi connectivity index (χ2n) is 5.06. The average molecular weight is 287 g/mol. The summed E-state index contributed by atoms with van der Waals surface area (Å²) in [5.41, 5.74) is 7.77. The molecule has 1 aromatic heterocycles. The summed E-state index contributed by atoms with van der Waals surface area (Å²) in [5.74, 6) is -0.315. The van der Waals surface area contributed by atoms with Crippen LogP contribution in [-0.2, 0) is 0 Å². The van der Waals surface area contributed by atoms with Gasteiger partial charge in [-0.2, -0.15) is 5.26 Å². The number of nitriles is 1. The molecule has 2 rings (SSSR count). The third kappa shape index (κ3) is 2.61. The molecular weight excluding hydrogens is 270 g/mol. The van der Waals surface area contributed by atoms with E-state index in [0.717, 1.165) is 15.6 Å². The first-order valence-corrected chi connectivity index (χ1v) is 7.19. The molecule has 4 nitrogen and oxygen atoms in total. The first-order valence-electron chi connectivity index (χ1n) is 6.37. The topological polar surface area (TPSA) is 70.1 Å². The first-order chi connectivity index (χ1) is 9.43. The number of amides is 1. The van der Waals surface area contributed by atoms with E-state index in [1.165, 1.54) is 11.3 Å². The maximum atomic E-state index is 12.4. The molecule has 0 radical (unpaired) electrons. The molecule has 104 valence electrons. The zero-order valence-corrected chi connectivity index (χ0v) is 12.6. The average Bonchev–Trinajstić information content (AvgIpc) is 2.74. The maximum Gasteiger partial charge on any atom is 0.265 e. The van der Waals surface area contributed by atoms with E-state index in [1.807, 2.05) is 25.1 Å². The fourth-order valence-corrected chi connectivity index (χ4v) is 3.31. The zero-order chi connectivity index (χ0) is 14.9. The van der Waals surface area contributed by atoms with Gasteiger partial charge in [0.25, 0.3) is 5.91 Å². The van der Waals surface area contributed by atoms with Gasteiger partial charge in [-0.3, -0.25) is 4.79 Å². The molecule has 1 atom stereocenters. The summed E-state index contributed by atoms with van der Waals surface area (Å²) in [6.07, 6.45) is 0. The molecule has 0 aliphatic carbocycles. The summed E-state index contributed by atoms with van der Waals surface area (Å²) in [5, 5.41) is 9.75. The van der Waals surface area contributed by atoms with Crippen LogP contribution < -0.4 is 5.73 Å². The maximum absolute atomic E-state index is 12.4. The minimum atomic E-state index is -0.193. The Morgan fingerprint density at radius 1 is 1.55 bits per heavy atom. The molecule has 0 aliphatic heterocycles. The van der Waals surface area contributed by atoms with E-state index in [-0.39, 0.29) is 11.8 Å². The van der Waals surface area contributed by atoms with Crippen LogP contribution in [0.4, 0.5) is 5.69 Å². The van der Waals surface area contributed by atoms with Crippen LogP contribution >= 0.6 is 11.3 Å². The van der Waals surface area contributed by atoms with Crippen molar-refractivity contribution in [2.75, 3.05) is 19.3 Å². The van der Waals surface area contributed by atoms with Crippen LogP contribution in [0.2, 0.25) is 0 Å². The smallest absolute Gasteiger partial charge is 0.265 e. The first kappa shape index (κ1) is 14.4. The molecule has 2 N–H and O–H groups in total. The molecule has 1 aromatic carbocycles. The summed E-state index contributed by atoms with van der Waals surface area (Å²) in [7, 11) is 1.70. The van der Waals surface area contributed by atoms with Crippen LogP contribution in [0.25, 0.3) is 10.1 Å². The fraction of sp³-hybridized carbons (Fsp3) is 0.333. The monoisotopic (exact) mass is 287 g/mol. The summed E-state index contributed by atoms with van der Waals surface area (Å²) < 4.78 is 1.02. The molecular formula is C15H17N3OS. The lowest BCUT2D eigenvalue weighted by atomic mass is 10.1. The van der Waals surface area contributed by atoms with Gasteiger partial charge in [0.05, 0.1) is 17.7 Å². The van der Waals surface area contributed by atoms with Crippen molar-refractivity contribution in [3.8, 4) is 6.07 Å². The SMILES string of the molecule is Cc1ccc2c(N)c(C(=O)N(C)CC(C)C#N)sc2c1. The summed E-state index contributed by atoms with van der Waals surface area (Å²) in [6, 6.07) is 8.10. The highest BCUT2D eigenvalue weighted by Crippen LogP contribution is 2.34. The van der Waals surface area contributed by atoms with Crippen LogP contribution in [0.1, 0.15) is 22.2 Å². The Hall–Kier alpha value is -2.06. The number of nitrogen functional groups attached to an aromatic ring is 1. The van der Waals surface area contributed by atoms with Gasteiger partial charge in [0.1, 0.15) is 4.88 Å². The largest absolute Gasteiger partial charge is 0.397 e. The highest BCUT2D eigenvalue weighted by atomic mass is 32.1. The number of carbonyl (C=O) groups excluding carboxylic acids is 1. The zero-order valence-electron chi connectivity index (χ0n) is 11.8. The number of nitrogens with zero attached hydrogens (tertiary/aromatic N) is 2. The Kier molecular flexibility index (Phi) is 3.96. The van der Waals surface area contributed by atoms with E-state index < -0.39 is 0 Å². The molecule has 0 fully saturated rings. The Morgan fingerprint density at radius 2 is 2.25 bits per heavy atom. The lowest BCUT2D eigenvalue weighted by molar-refractivity contribution is 0.0791. The van der Waals surface area contributed by atoms with E-state index in [0.29, 0.717) is 17.1 Å². The van der Waals surface area contributed by atoms with Crippen molar-refractivity contribution in [3.05, 3.63) is 28.6 Å². The molecule has 0 aliphatic rings. The third-order valence-corrected chi connectivity index (χ3v) is 4.35. The molecule has 0 bridgehead atoms. The number of rotatable bonds is 3. The minimum absolute atomic E-state index is 0.122. The number of hydrogen-bond acceptors (Lipinski definition) is 4. The number of fused-ring (bicyclic) bond motifs is 1. The van der Waals surface area contributed by atoms with Crippen molar-refractivity contribution >= 4 is 33.0 Å². The normalized spacial score (nSPS) is 12.1. The van der Waals surface area contributed by atoms with Gasteiger partial charge in [0.2, 0.25) is 0 Å². The number of carbonyl (C=O) groups is 1. The summed E-state index contributed by atoms with van der Waals surface area (Å²) in [4.78, 5) is 14.5. The second kappa shape index (κ2) is 5.51. The van der Waals surface area contributed by atoms with Gasteiger partial charge >= 0.3 is 0 Å². The van der Waals surface area contributed by atoms with Gasteiger partial charge < -0.3 is 10.6 Å². The highest BCUT2D eigenvalue weighted by Gasteiger charge is 2.20. The van der Waals surface area contributed by atoms with Crippen LogP contribution in [-0.4, -0.2) is 24.4 Å². The van der Waals surface area contributed by atoms with Crippen LogP contribution in [0, 0.1) is 24.2 Å². The van der Waals surface area contributed by atoms with Gasteiger partial charge in [-0.25, -0.2) is 0 Å². The lowest BCUT2D eigenvalue weighted by Crippen LogP contribution is -2.30. The quantitative estimate of drug-likeness (QED) is 0.943. The molecule has 1 heterocycles. The third-order valence-electron chi connectivity index (χ3n) is 3.19. The number of thiophene rings is 1. The van der Waals surface area contributed by atoms with Crippen LogP contribution in [0.15, 0.2) is 18.2 Å². The van der Waals surface area contributed by atoms with Crippen molar-refractivity contribution in [2.45, 2.75) is 13.8 Å². The summed E-state index contributed by atoms with van der Waals surface area (Å²) in [6.45, 7) is 4.21. The van der Waals surface area contributed by atoms with Gasteiger partial charge in [0, 0.05) is 23.7 Å². The van der Waals surface area contributed by atoms with E-state index in [1.54, 1.807) is 18.9 Å². The molecule has 0 saturated carbocycles. The predicted octanol–water partition coefficient (Wildman–Crippen LogP) is 3.02. The molecule has 0 saturated heterocycles. The number of benzene rings is 1. The van der Waals surface area contributed by atoms with Crippen molar-refractivity contribution in [1.82, 2.24) is 4.90 Å². The van der Waals surface area contributed by atoms with Gasteiger partial charge in [-0.15, -0.1) is 11.3 Å². The molecule has 1 unspecified atom stereocenters. The second-order valence-corrected chi connectivity index (χ2v) is 6.11. The van der Waals surface area contributed by atoms with E-state index in [9.17, 15) is 4.79 Å². The van der Waals surface area contributed by atoms with Crippen molar-refractivity contribution in [2.24, 2.45) is 5.92 Å².